The topological polar surface area (TPSA) is 87.7 Å². The van der Waals surface area contributed by atoms with E-state index in [1.54, 1.807) is 12.1 Å². The molecule has 3 rings (SSSR count). The van der Waals surface area contributed by atoms with Gasteiger partial charge >= 0.3 is 5.97 Å². The summed E-state index contributed by atoms with van der Waals surface area (Å²) in [6.07, 6.45) is 1.83. The minimum Gasteiger partial charge on any atom is -0.452 e. The van der Waals surface area contributed by atoms with Crippen molar-refractivity contribution in [3.8, 4) is 0 Å². The second-order valence-corrected chi connectivity index (χ2v) is 5.32. The van der Waals surface area contributed by atoms with Crippen LogP contribution in [0.3, 0.4) is 0 Å². The summed E-state index contributed by atoms with van der Waals surface area (Å²) in [5.41, 5.74) is 1.84. The number of amides is 2. The Morgan fingerprint density at radius 2 is 2.27 bits per heavy atom. The molecule has 1 aromatic carbocycles. The van der Waals surface area contributed by atoms with Crippen molar-refractivity contribution in [2.75, 3.05) is 30.4 Å². The molecule has 1 atom stereocenters. The minimum absolute atomic E-state index is 0.0409. The molecule has 0 radical (unpaired) electrons. The van der Waals surface area contributed by atoms with Crippen molar-refractivity contribution in [2.24, 2.45) is 0 Å². The molecule has 0 saturated carbocycles. The molecule has 2 aliphatic rings. The van der Waals surface area contributed by atoms with Crippen LogP contribution in [0.15, 0.2) is 18.2 Å². The van der Waals surface area contributed by atoms with E-state index in [2.05, 4.69) is 15.5 Å². The zero-order chi connectivity index (χ0) is 15.7. The SMILES string of the molecule is CNC(=O)COC(=O)c1ccc2c(c1)NC(=O)[C@@H]1CCCN21. The van der Waals surface area contributed by atoms with Gasteiger partial charge in [-0.1, -0.05) is 0 Å². The minimum atomic E-state index is -0.593. The van der Waals surface area contributed by atoms with E-state index in [1.165, 1.54) is 7.05 Å². The largest absolute Gasteiger partial charge is 0.452 e. The zero-order valence-electron chi connectivity index (χ0n) is 12.2. The van der Waals surface area contributed by atoms with Crippen LogP contribution in [0.1, 0.15) is 23.2 Å². The highest BCUT2D eigenvalue weighted by Crippen LogP contribution is 2.37. The Labute approximate surface area is 127 Å². The van der Waals surface area contributed by atoms with Crippen LogP contribution in [0.5, 0.6) is 0 Å². The fourth-order valence-corrected chi connectivity index (χ4v) is 2.84. The number of carbonyl (C=O) groups is 3. The number of fused-ring (bicyclic) bond motifs is 3. The molecule has 0 unspecified atom stereocenters. The maximum atomic E-state index is 12.1. The van der Waals surface area contributed by atoms with Crippen molar-refractivity contribution in [2.45, 2.75) is 18.9 Å². The maximum Gasteiger partial charge on any atom is 0.338 e. The van der Waals surface area contributed by atoms with Crippen molar-refractivity contribution in [3.63, 3.8) is 0 Å². The van der Waals surface area contributed by atoms with Crippen LogP contribution in [0.4, 0.5) is 11.4 Å². The van der Waals surface area contributed by atoms with Crippen LogP contribution < -0.4 is 15.5 Å². The van der Waals surface area contributed by atoms with Crippen LogP contribution in [0, 0.1) is 0 Å². The molecule has 1 fully saturated rings. The van der Waals surface area contributed by atoms with Gasteiger partial charge in [0.05, 0.1) is 16.9 Å². The summed E-state index contributed by atoms with van der Waals surface area (Å²) >= 11 is 0. The fraction of sp³-hybridized carbons (Fsp3) is 0.400. The Bertz CT molecular complexity index is 644. The van der Waals surface area contributed by atoms with E-state index in [0.29, 0.717) is 11.3 Å². The molecule has 0 aliphatic carbocycles. The molecular formula is C15H17N3O4. The standard InChI is InChI=1S/C15H17N3O4/c1-16-13(19)8-22-15(21)9-4-5-11-10(7-9)17-14(20)12-3-2-6-18(11)12/h4-5,7,12H,2-3,6,8H2,1H3,(H,16,19)(H,17,20)/t12-/m0/s1. The average Bonchev–Trinajstić information content (AvgIpc) is 3.02. The number of ether oxygens (including phenoxy) is 1. The fourth-order valence-electron chi connectivity index (χ4n) is 2.84. The van der Waals surface area contributed by atoms with E-state index in [4.69, 9.17) is 4.74 Å². The van der Waals surface area contributed by atoms with Crippen molar-refractivity contribution >= 4 is 29.2 Å². The third-order valence-electron chi connectivity index (χ3n) is 3.97. The summed E-state index contributed by atoms with van der Waals surface area (Å²) in [5, 5.41) is 5.21. The van der Waals surface area contributed by atoms with Crippen LogP contribution in [-0.2, 0) is 14.3 Å². The van der Waals surface area contributed by atoms with Gasteiger partial charge in [-0.2, -0.15) is 0 Å². The first kappa shape index (κ1) is 14.4. The van der Waals surface area contributed by atoms with E-state index in [1.807, 2.05) is 6.07 Å². The summed E-state index contributed by atoms with van der Waals surface area (Å²) in [6.45, 7) is 0.512. The Hall–Kier alpha value is -2.57. The number of carbonyl (C=O) groups excluding carboxylic acids is 3. The monoisotopic (exact) mass is 303 g/mol. The van der Waals surface area contributed by atoms with E-state index in [-0.39, 0.29) is 24.5 Å². The van der Waals surface area contributed by atoms with Gasteiger partial charge in [0.25, 0.3) is 5.91 Å². The molecule has 1 aromatic rings. The van der Waals surface area contributed by atoms with Crippen molar-refractivity contribution in [3.05, 3.63) is 23.8 Å². The van der Waals surface area contributed by atoms with Crippen LogP contribution in [0.25, 0.3) is 0 Å². The number of rotatable bonds is 3. The first-order valence-corrected chi connectivity index (χ1v) is 7.19. The summed E-state index contributed by atoms with van der Waals surface area (Å²) in [6, 6.07) is 4.94. The molecule has 0 aromatic heterocycles. The van der Waals surface area contributed by atoms with E-state index >= 15 is 0 Å². The second kappa shape index (κ2) is 5.67. The smallest absolute Gasteiger partial charge is 0.338 e. The number of hydrogen-bond acceptors (Lipinski definition) is 5. The van der Waals surface area contributed by atoms with Crippen molar-refractivity contribution < 1.29 is 19.1 Å². The van der Waals surface area contributed by atoms with Gasteiger partial charge in [0.15, 0.2) is 6.61 Å². The number of likely N-dealkylation sites (N-methyl/N-ethyl adjacent to an activating group) is 1. The zero-order valence-corrected chi connectivity index (χ0v) is 12.2. The molecule has 2 amide bonds. The van der Waals surface area contributed by atoms with Gasteiger partial charge in [-0.15, -0.1) is 0 Å². The lowest BCUT2D eigenvalue weighted by molar-refractivity contribution is -0.123. The predicted molar refractivity (Wildman–Crippen MR) is 79.8 cm³/mol. The second-order valence-electron chi connectivity index (χ2n) is 5.32. The Kier molecular flexibility index (Phi) is 3.70. The molecule has 0 bridgehead atoms. The molecule has 2 heterocycles. The van der Waals surface area contributed by atoms with Crippen LogP contribution in [0.2, 0.25) is 0 Å². The lowest BCUT2D eigenvalue weighted by atomic mass is 10.1. The number of anilines is 2. The number of nitrogens with one attached hydrogen (secondary N) is 2. The Morgan fingerprint density at radius 3 is 3.05 bits per heavy atom. The van der Waals surface area contributed by atoms with Gasteiger partial charge in [0.2, 0.25) is 5.91 Å². The van der Waals surface area contributed by atoms with Crippen molar-refractivity contribution in [1.29, 1.82) is 0 Å². The molecule has 7 heteroatoms. The highest BCUT2D eigenvalue weighted by Gasteiger charge is 2.36. The molecule has 2 N–H and O–H groups in total. The van der Waals surface area contributed by atoms with Gasteiger partial charge in [-0.05, 0) is 31.0 Å². The summed E-state index contributed by atoms with van der Waals surface area (Å²) in [4.78, 5) is 37.1. The van der Waals surface area contributed by atoms with Crippen LogP contribution in [-0.4, -0.2) is 44.0 Å². The molecule has 2 aliphatic heterocycles. The quantitative estimate of drug-likeness (QED) is 0.794. The first-order valence-electron chi connectivity index (χ1n) is 7.19. The maximum absolute atomic E-state index is 12.1. The van der Waals surface area contributed by atoms with Gasteiger partial charge in [-0.3, -0.25) is 9.59 Å². The molecule has 1 saturated heterocycles. The third-order valence-corrected chi connectivity index (χ3v) is 3.97. The molecular weight excluding hydrogens is 286 g/mol. The van der Waals surface area contributed by atoms with E-state index < -0.39 is 5.97 Å². The summed E-state index contributed by atoms with van der Waals surface area (Å²) in [5.74, 6) is -1.01. The van der Waals surface area contributed by atoms with Gasteiger partial charge in [-0.25, -0.2) is 4.79 Å². The van der Waals surface area contributed by atoms with Gasteiger partial charge in [0, 0.05) is 13.6 Å². The highest BCUT2D eigenvalue weighted by atomic mass is 16.5. The summed E-state index contributed by atoms with van der Waals surface area (Å²) in [7, 11) is 1.47. The van der Waals surface area contributed by atoms with Crippen molar-refractivity contribution in [1.82, 2.24) is 5.32 Å². The number of benzene rings is 1. The predicted octanol–water partition coefficient (Wildman–Crippen LogP) is 0.510. The van der Waals surface area contributed by atoms with Crippen LogP contribution >= 0.6 is 0 Å². The molecule has 7 nitrogen and oxygen atoms in total. The number of nitrogens with zero attached hydrogens (tertiary/aromatic N) is 1. The third kappa shape index (κ3) is 2.49. The Morgan fingerprint density at radius 1 is 1.45 bits per heavy atom. The lowest BCUT2D eigenvalue weighted by Crippen LogP contribution is -2.43. The highest BCUT2D eigenvalue weighted by molar-refractivity contribution is 6.05. The number of hydrogen-bond donors (Lipinski definition) is 2. The molecule has 0 spiro atoms. The van der Waals surface area contributed by atoms with E-state index in [9.17, 15) is 14.4 Å². The Balaban J connectivity index is 1.79. The normalized spacial score (nSPS) is 19.0. The number of esters is 1. The molecule has 116 valence electrons. The molecule has 22 heavy (non-hydrogen) atoms. The van der Waals surface area contributed by atoms with E-state index in [0.717, 1.165) is 25.1 Å². The van der Waals surface area contributed by atoms with Gasteiger partial charge in [0.1, 0.15) is 6.04 Å². The first-order chi connectivity index (χ1) is 10.6. The van der Waals surface area contributed by atoms with Gasteiger partial charge < -0.3 is 20.3 Å². The average molecular weight is 303 g/mol. The summed E-state index contributed by atoms with van der Waals surface area (Å²) < 4.78 is 4.91. The lowest BCUT2D eigenvalue weighted by Gasteiger charge is -2.33.